The van der Waals surface area contributed by atoms with Gasteiger partial charge in [-0.05, 0) is 6.42 Å². The van der Waals surface area contributed by atoms with E-state index in [0.717, 1.165) is 19.8 Å². The quantitative estimate of drug-likeness (QED) is 0.665. The summed E-state index contributed by atoms with van der Waals surface area (Å²) in [6.07, 6.45) is 1.17. The Morgan fingerprint density at radius 3 is 3.12 bits per heavy atom. The van der Waals surface area contributed by atoms with E-state index in [0.29, 0.717) is 5.92 Å². The lowest BCUT2D eigenvalue weighted by Gasteiger charge is -2.00. The summed E-state index contributed by atoms with van der Waals surface area (Å²) in [7, 11) is 0. The van der Waals surface area contributed by atoms with Crippen LogP contribution in [0, 0.1) is 5.92 Å². The second-order valence-electron chi connectivity index (χ2n) is 2.01. The highest BCUT2D eigenvalue weighted by Crippen LogP contribution is 2.12. The van der Waals surface area contributed by atoms with Gasteiger partial charge in [-0.1, -0.05) is 0 Å². The first-order valence-corrected chi connectivity index (χ1v) is 3.63. The number of hydrogen-bond donors (Lipinski definition) is 0. The van der Waals surface area contributed by atoms with Crippen molar-refractivity contribution < 1.29 is 7.80 Å². The van der Waals surface area contributed by atoms with Gasteiger partial charge < -0.3 is 7.80 Å². The molecule has 2 nitrogen and oxygen atoms in total. The molecular weight excluding hydrogens is 219 g/mol. The lowest BCUT2D eigenvalue weighted by Crippen LogP contribution is -2.04. The fourth-order valence-corrected chi connectivity index (χ4v) is 1.31. The van der Waals surface area contributed by atoms with Gasteiger partial charge in [-0.3, -0.25) is 0 Å². The maximum absolute atomic E-state index is 5.13. The van der Waals surface area contributed by atoms with Crippen LogP contribution in [0.3, 0.4) is 0 Å². The zero-order valence-electron chi connectivity index (χ0n) is 4.60. The Balaban J connectivity index is 2.06. The minimum Gasteiger partial charge on any atom is -0.381 e. The first-order valence-electron chi connectivity index (χ1n) is 2.75. The van der Waals surface area contributed by atoms with Crippen LogP contribution in [0.4, 0.5) is 0 Å². The van der Waals surface area contributed by atoms with E-state index in [1.807, 2.05) is 23.0 Å². The van der Waals surface area contributed by atoms with Gasteiger partial charge in [0.1, 0.15) is 23.0 Å². The molecule has 1 aliphatic rings. The minimum absolute atomic E-state index is 0.659. The molecule has 3 heteroatoms. The van der Waals surface area contributed by atoms with Gasteiger partial charge in [0.05, 0.1) is 13.2 Å². The van der Waals surface area contributed by atoms with Crippen molar-refractivity contribution >= 4 is 23.0 Å². The minimum atomic E-state index is 0.659. The lowest BCUT2D eigenvalue weighted by atomic mass is 10.1. The van der Waals surface area contributed by atoms with Crippen LogP contribution in [0.1, 0.15) is 6.42 Å². The van der Waals surface area contributed by atoms with E-state index in [9.17, 15) is 0 Å². The van der Waals surface area contributed by atoms with E-state index in [-0.39, 0.29) is 0 Å². The maximum Gasteiger partial charge on any atom is 0.109 e. The predicted molar refractivity (Wildman–Crippen MR) is 38.9 cm³/mol. The van der Waals surface area contributed by atoms with Gasteiger partial charge in [0, 0.05) is 12.5 Å². The van der Waals surface area contributed by atoms with E-state index in [2.05, 4.69) is 0 Å². The van der Waals surface area contributed by atoms with Crippen molar-refractivity contribution in [1.29, 1.82) is 0 Å². The fourth-order valence-electron chi connectivity index (χ4n) is 0.804. The summed E-state index contributed by atoms with van der Waals surface area (Å²) in [4.78, 5) is 0. The number of halogens is 1. The normalized spacial score (nSPS) is 28.9. The van der Waals surface area contributed by atoms with Crippen molar-refractivity contribution in [2.75, 3.05) is 19.8 Å². The highest BCUT2D eigenvalue weighted by atomic mass is 127. The van der Waals surface area contributed by atoms with Crippen LogP contribution in [0.15, 0.2) is 0 Å². The molecule has 1 fully saturated rings. The molecule has 0 N–H and O–H groups in total. The molecule has 0 aromatic carbocycles. The molecule has 1 saturated heterocycles. The van der Waals surface area contributed by atoms with Crippen LogP contribution in [0.5, 0.6) is 0 Å². The second kappa shape index (κ2) is 3.63. The molecule has 0 spiro atoms. The van der Waals surface area contributed by atoms with Gasteiger partial charge in [-0.25, -0.2) is 0 Å². The van der Waals surface area contributed by atoms with Crippen molar-refractivity contribution in [1.82, 2.24) is 0 Å². The Hall–Kier alpha value is 0.650. The Morgan fingerprint density at radius 1 is 1.75 bits per heavy atom. The van der Waals surface area contributed by atoms with Crippen molar-refractivity contribution in [3.05, 3.63) is 0 Å². The van der Waals surface area contributed by atoms with Crippen molar-refractivity contribution in [3.8, 4) is 0 Å². The van der Waals surface area contributed by atoms with Gasteiger partial charge in [0.15, 0.2) is 0 Å². The molecule has 0 aromatic rings. The predicted octanol–water partition coefficient (Wildman–Crippen LogP) is 1.39. The second-order valence-corrected chi connectivity index (χ2v) is 2.63. The largest absolute Gasteiger partial charge is 0.381 e. The summed E-state index contributed by atoms with van der Waals surface area (Å²) in [5.41, 5.74) is 0. The topological polar surface area (TPSA) is 18.5 Å². The van der Waals surface area contributed by atoms with Crippen LogP contribution in [0.2, 0.25) is 0 Å². The third-order valence-corrected chi connectivity index (χ3v) is 1.68. The first kappa shape index (κ1) is 6.77. The smallest absolute Gasteiger partial charge is 0.109 e. The number of hydrogen-bond acceptors (Lipinski definition) is 2. The van der Waals surface area contributed by atoms with Crippen LogP contribution < -0.4 is 0 Å². The molecule has 1 atom stereocenters. The molecular formula is C5H9IO2. The summed E-state index contributed by atoms with van der Waals surface area (Å²) in [5.74, 6) is 0.659. The van der Waals surface area contributed by atoms with Crippen molar-refractivity contribution in [2.24, 2.45) is 5.92 Å². The molecule has 1 unspecified atom stereocenters. The van der Waals surface area contributed by atoms with Gasteiger partial charge in [-0.2, -0.15) is 0 Å². The Labute approximate surface area is 63.2 Å². The zero-order chi connectivity index (χ0) is 5.82. The van der Waals surface area contributed by atoms with Crippen LogP contribution in [-0.2, 0) is 7.80 Å². The highest BCUT2D eigenvalue weighted by molar-refractivity contribution is 14.1. The standard InChI is InChI=1S/C5H9IO2/c6-8-4-5-1-2-7-3-5/h5H,1-4H2. The lowest BCUT2D eigenvalue weighted by molar-refractivity contribution is 0.176. The van der Waals surface area contributed by atoms with Gasteiger partial charge in [0.2, 0.25) is 0 Å². The summed E-state index contributed by atoms with van der Waals surface area (Å²) in [6, 6.07) is 0. The SMILES string of the molecule is IOCC1CCOC1. The molecule has 1 rings (SSSR count). The zero-order valence-corrected chi connectivity index (χ0v) is 6.76. The molecule has 1 heterocycles. The van der Waals surface area contributed by atoms with E-state index in [4.69, 9.17) is 7.80 Å². The molecule has 0 amide bonds. The van der Waals surface area contributed by atoms with Crippen LogP contribution >= 0.6 is 23.0 Å². The molecule has 0 bridgehead atoms. The molecule has 0 aromatic heterocycles. The fraction of sp³-hybridized carbons (Fsp3) is 1.00. The average Bonchev–Trinajstić information content (AvgIpc) is 2.19. The van der Waals surface area contributed by atoms with Crippen molar-refractivity contribution in [2.45, 2.75) is 6.42 Å². The Morgan fingerprint density at radius 2 is 2.62 bits per heavy atom. The molecule has 0 radical (unpaired) electrons. The van der Waals surface area contributed by atoms with Crippen LogP contribution in [0.25, 0.3) is 0 Å². The number of ether oxygens (including phenoxy) is 1. The third kappa shape index (κ3) is 1.87. The Kier molecular flexibility index (Phi) is 3.07. The summed E-state index contributed by atoms with van der Waals surface area (Å²) in [6.45, 7) is 2.66. The monoisotopic (exact) mass is 228 g/mol. The average molecular weight is 228 g/mol. The van der Waals surface area contributed by atoms with Gasteiger partial charge >= 0.3 is 0 Å². The number of rotatable bonds is 2. The molecule has 0 saturated carbocycles. The van der Waals surface area contributed by atoms with E-state index in [1.54, 1.807) is 0 Å². The highest BCUT2D eigenvalue weighted by Gasteiger charge is 2.14. The molecule has 8 heavy (non-hydrogen) atoms. The Bertz CT molecular complexity index is 61.4. The van der Waals surface area contributed by atoms with E-state index in [1.165, 1.54) is 6.42 Å². The van der Waals surface area contributed by atoms with Crippen LogP contribution in [-0.4, -0.2) is 19.8 Å². The summed E-state index contributed by atoms with van der Waals surface area (Å²) >= 11 is 1.92. The van der Waals surface area contributed by atoms with Gasteiger partial charge in [0.25, 0.3) is 0 Å². The molecule has 48 valence electrons. The third-order valence-electron chi connectivity index (χ3n) is 1.32. The maximum atomic E-state index is 5.13. The molecule has 0 aliphatic carbocycles. The summed E-state index contributed by atoms with van der Waals surface area (Å²) in [5, 5.41) is 0. The van der Waals surface area contributed by atoms with E-state index >= 15 is 0 Å². The van der Waals surface area contributed by atoms with Crippen molar-refractivity contribution in [3.63, 3.8) is 0 Å². The van der Waals surface area contributed by atoms with Gasteiger partial charge in [-0.15, -0.1) is 0 Å². The molecule has 1 aliphatic heterocycles. The summed E-state index contributed by atoms with van der Waals surface area (Å²) < 4.78 is 10.0. The first-order chi connectivity index (χ1) is 3.93. The van der Waals surface area contributed by atoms with E-state index < -0.39 is 0 Å².